The van der Waals surface area contributed by atoms with E-state index in [1.165, 1.54) is 12.1 Å². The van der Waals surface area contributed by atoms with Crippen LogP contribution in [-0.2, 0) is 0 Å². The third-order valence-corrected chi connectivity index (χ3v) is 3.70. The highest BCUT2D eigenvalue weighted by molar-refractivity contribution is 6.36. The van der Waals surface area contributed by atoms with E-state index >= 15 is 0 Å². The van der Waals surface area contributed by atoms with E-state index < -0.39 is 11.9 Å². The third kappa shape index (κ3) is 3.00. The summed E-state index contributed by atoms with van der Waals surface area (Å²) < 4.78 is 19.3. The van der Waals surface area contributed by atoms with E-state index in [-0.39, 0.29) is 5.02 Å². The Labute approximate surface area is 127 Å². The lowest BCUT2D eigenvalue weighted by Gasteiger charge is -2.19. The lowest BCUT2D eigenvalue weighted by molar-refractivity contribution is 0.225. The van der Waals surface area contributed by atoms with Crippen LogP contribution >= 0.6 is 23.2 Å². The summed E-state index contributed by atoms with van der Waals surface area (Å²) in [5.41, 5.74) is 7.67. The summed E-state index contributed by atoms with van der Waals surface area (Å²) in [5, 5.41) is 0.357. The SMILES string of the molecule is Cc1cc(N)ccc1OC(C)c1c(Cl)ccc(F)c1Cl. The van der Waals surface area contributed by atoms with Gasteiger partial charge in [0.1, 0.15) is 17.7 Å². The van der Waals surface area contributed by atoms with E-state index in [2.05, 4.69) is 0 Å². The molecule has 2 nitrogen and oxygen atoms in total. The predicted molar refractivity (Wildman–Crippen MR) is 81.1 cm³/mol. The van der Waals surface area contributed by atoms with Gasteiger partial charge in [-0.25, -0.2) is 4.39 Å². The molecular formula is C15H14Cl2FNO. The van der Waals surface area contributed by atoms with Gasteiger partial charge in [-0.2, -0.15) is 0 Å². The molecule has 2 aromatic rings. The lowest BCUT2D eigenvalue weighted by atomic mass is 10.1. The molecule has 1 atom stereocenters. The number of aryl methyl sites for hydroxylation is 1. The Bertz CT molecular complexity index is 646. The fraction of sp³-hybridized carbons (Fsp3) is 0.200. The molecule has 0 saturated heterocycles. The highest BCUT2D eigenvalue weighted by Gasteiger charge is 2.19. The zero-order valence-corrected chi connectivity index (χ0v) is 12.6. The Hall–Kier alpha value is -1.45. The first kappa shape index (κ1) is 14.9. The molecule has 0 radical (unpaired) electrons. The van der Waals surface area contributed by atoms with E-state index in [9.17, 15) is 4.39 Å². The maximum Gasteiger partial charge on any atom is 0.142 e. The average Bonchev–Trinajstić information content (AvgIpc) is 2.38. The normalized spacial score (nSPS) is 12.2. The van der Waals surface area contributed by atoms with Crippen LogP contribution < -0.4 is 10.5 Å². The molecule has 0 spiro atoms. The molecule has 5 heteroatoms. The van der Waals surface area contributed by atoms with Gasteiger partial charge in [-0.15, -0.1) is 0 Å². The summed E-state index contributed by atoms with van der Waals surface area (Å²) in [6.45, 7) is 3.65. The smallest absolute Gasteiger partial charge is 0.142 e. The zero-order valence-electron chi connectivity index (χ0n) is 11.1. The fourth-order valence-corrected chi connectivity index (χ4v) is 2.65. The number of ether oxygens (including phenoxy) is 1. The molecule has 0 amide bonds. The van der Waals surface area contributed by atoms with Crippen molar-refractivity contribution in [1.29, 1.82) is 0 Å². The van der Waals surface area contributed by atoms with Gasteiger partial charge in [0.2, 0.25) is 0 Å². The molecule has 2 N–H and O–H groups in total. The second-order valence-electron chi connectivity index (χ2n) is 4.54. The number of hydrogen-bond donors (Lipinski definition) is 1. The van der Waals surface area contributed by atoms with E-state index in [1.807, 2.05) is 6.92 Å². The minimum Gasteiger partial charge on any atom is -0.486 e. The van der Waals surface area contributed by atoms with Crippen molar-refractivity contribution in [2.24, 2.45) is 0 Å². The first-order valence-corrected chi connectivity index (χ1v) is 6.82. The number of nitrogen functional groups attached to an aromatic ring is 1. The third-order valence-electron chi connectivity index (χ3n) is 2.99. The van der Waals surface area contributed by atoms with Crippen LogP contribution in [0.25, 0.3) is 0 Å². The van der Waals surface area contributed by atoms with Crippen LogP contribution in [0.3, 0.4) is 0 Å². The van der Waals surface area contributed by atoms with Crippen LogP contribution in [0.1, 0.15) is 24.2 Å². The van der Waals surface area contributed by atoms with Crippen molar-refractivity contribution in [1.82, 2.24) is 0 Å². The number of anilines is 1. The Morgan fingerprint density at radius 2 is 1.90 bits per heavy atom. The minimum atomic E-state index is -0.518. The summed E-state index contributed by atoms with van der Waals surface area (Å²) in [6, 6.07) is 8.01. The Morgan fingerprint density at radius 3 is 2.55 bits per heavy atom. The van der Waals surface area contributed by atoms with Crippen molar-refractivity contribution in [3.63, 3.8) is 0 Å². The quantitative estimate of drug-likeness (QED) is 0.627. The first-order chi connectivity index (χ1) is 9.40. The number of hydrogen-bond acceptors (Lipinski definition) is 2. The standard InChI is InChI=1S/C15H14Cl2FNO/c1-8-7-10(19)3-6-13(8)20-9(2)14-11(16)4-5-12(18)15(14)17/h3-7,9H,19H2,1-2H3. The molecule has 1 unspecified atom stereocenters. The molecule has 2 aromatic carbocycles. The highest BCUT2D eigenvalue weighted by atomic mass is 35.5. The molecule has 0 fully saturated rings. The average molecular weight is 314 g/mol. The monoisotopic (exact) mass is 313 g/mol. The lowest BCUT2D eigenvalue weighted by Crippen LogP contribution is -2.06. The van der Waals surface area contributed by atoms with Crippen LogP contribution in [0.2, 0.25) is 10.0 Å². The second-order valence-corrected chi connectivity index (χ2v) is 5.33. The van der Waals surface area contributed by atoms with Gasteiger partial charge in [-0.3, -0.25) is 0 Å². The first-order valence-electron chi connectivity index (χ1n) is 6.06. The van der Waals surface area contributed by atoms with Crippen LogP contribution in [-0.4, -0.2) is 0 Å². The maximum absolute atomic E-state index is 13.5. The second kappa shape index (κ2) is 5.90. The van der Waals surface area contributed by atoms with Gasteiger partial charge in [0, 0.05) is 16.3 Å². The van der Waals surface area contributed by atoms with Crippen LogP contribution in [0.4, 0.5) is 10.1 Å². The van der Waals surface area contributed by atoms with Crippen LogP contribution in [0.15, 0.2) is 30.3 Å². The van der Waals surface area contributed by atoms with Crippen LogP contribution in [0, 0.1) is 12.7 Å². The maximum atomic E-state index is 13.5. The zero-order chi connectivity index (χ0) is 14.9. The molecule has 106 valence electrons. The van der Waals surface area contributed by atoms with Gasteiger partial charge < -0.3 is 10.5 Å². The Kier molecular flexibility index (Phi) is 4.41. The molecule has 0 heterocycles. The highest BCUT2D eigenvalue weighted by Crippen LogP contribution is 2.35. The summed E-state index contributed by atoms with van der Waals surface area (Å²) in [7, 11) is 0. The number of rotatable bonds is 3. The molecule has 0 bridgehead atoms. The molecular weight excluding hydrogens is 300 g/mol. The molecule has 20 heavy (non-hydrogen) atoms. The largest absolute Gasteiger partial charge is 0.486 e. The topological polar surface area (TPSA) is 35.2 Å². The van der Waals surface area contributed by atoms with Crippen LogP contribution in [0.5, 0.6) is 5.75 Å². The molecule has 0 aliphatic heterocycles. The van der Waals surface area contributed by atoms with E-state index in [0.29, 0.717) is 22.0 Å². The van der Waals surface area contributed by atoms with Gasteiger partial charge in [-0.05, 0) is 49.7 Å². The van der Waals surface area contributed by atoms with Crippen molar-refractivity contribution >= 4 is 28.9 Å². The van der Waals surface area contributed by atoms with Gasteiger partial charge in [-0.1, -0.05) is 23.2 Å². The van der Waals surface area contributed by atoms with Crippen molar-refractivity contribution in [2.45, 2.75) is 20.0 Å². The Morgan fingerprint density at radius 1 is 1.20 bits per heavy atom. The summed E-state index contributed by atoms with van der Waals surface area (Å²) in [4.78, 5) is 0. The van der Waals surface area contributed by atoms with Crippen molar-refractivity contribution in [3.8, 4) is 5.75 Å². The van der Waals surface area contributed by atoms with Crippen molar-refractivity contribution in [3.05, 3.63) is 57.3 Å². The fourth-order valence-electron chi connectivity index (χ4n) is 1.97. The molecule has 0 aliphatic rings. The Balaban J connectivity index is 2.33. The summed E-state index contributed by atoms with van der Waals surface area (Å²) >= 11 is 12.0. The molecule has 0 aromatic heterocycles. The number of benzene rings is 2. The van der Waals surface area contributed by atoms with Gasteiger partial charge in [0.05, 0.1) is 5.02 Å². The van der Waals surface area contributed by atoms with E-state index in [4.69, 9.17) is 33.7 Å². The minimum absolute atomic E-state index is 0.0156. The van der Waals surface area contributed by atoms with Gasteiger partial charge in [0.15, 0.2) is 0 Å². The number of nitrogens with two attached hydrogens (primary N) is 1. The molecule has 2 rings (SSSR count). The van der Waals surface area contributed by atoms with Gasteiger partial charge >= 0.3 is 0 Å². The molecule has 0 aliphatic carbocycles. The summed E-state index contributed by atoms with van der Waals surface area (Å²) in [6.07, 6.45) is -0.479. The molecule has 0 saturated carbocycles. The van der Waals surface area contributed by atoms with Gasteiger partial charge in [0.25, 0.3) is 0 Å². The van der Waals surface area contributed by atoms with Crippen molar-refractivity contribution in [2.75, 3.05) is 5.73 Å². The number of halogens is 3. The predicted octanol–water partition coefficient (Wildman–Crippen LogP) is 5.16. The van der Waals surface area contributed by atoms with E-state index in [0.717, 1.165) is 5.56 Å². The van der Waals surface area contributed by atoms with E-state index in [1.54, 1.807) is 25.1 Å². The summed E-state index contributed by atoms with van der Waals surface area (Å²) in [5.74, 6) is 0.138. The van der Waals surface area contributed by atoms with Crippen molar-refractivity contribution < 1.29 is 9.13 Å².